The van der Waals surface area contributed by atoms with Crippen LogP contribution < -0.4 is 0 Å². The molecule has 21 heavy (non-hydrogen) atoms. The van der Waals surface area contributed by atoms with Crippen LogP contribution in [0.3, 0.4) is 0 Å². The standard InChI is InChI=1S/C11H20O10/c12-1-5-7(16)9(18)11(3-13,20-5)21-10-8(17)6(15)4(14)2-19-10/h4-10,12-18H,1-3H2/t4-,5-,6+,7-,8-,9+,10+,11+/m1/s1. The lowest BCUT2D eigenvalue weighted by Gasteiger charge is -2.40. The molecule has 2 saturated heterocycles. The zero-order chi connectivity index (χ0) is 15.8. The van der Waals surface area contributed by atoms with E-state index >= 15 is 0 Å². The molecule has 0 aromatic carbocycles. The van der Waals surface area contributed by atoms with Crippen LogP contribution in [0.4, 0.5) is 0 Å². The Morgan fingerprint density at radius 3 is 2.19 bits per heavy atom. The van der Waals surface area contributed by atoms with Gasteiger partial charge in [-0.15, -0.1) is 0 Å². The van der Waals surface area contributed by atoms with E-state index in [1.54, 1.807) is 0 Å². The minimum atomic E-state index is -2.12. The summed E-state index contributed by atoms with van der Waals surface area (Å²) in [6.07, 6.45) is -10.4. The average molecular weight is 312 g/mol. The van der Waals surface area contributed by atoms with Gasteiger partial charge in [-0.2, -0.15) is 0 Å². The zero-order valence-electron chi connectivity index (χ0n) is 11.0. The molecule has 0 saturated carbocycles. The molecule has 0 aromatic rings. The van der Waals surface area contributed by atoms with Crippen molar-refractivity contribution in [3.63, 3.8) is 0 Å². The Kier molecular flexibility index (Phi) is 5.15. The average Bonchev–Trinajstić information content (AvgIpc) is 2.73. The quantitative estimate of drug-likeness (QED) is 0.267. The van der Waals surface area contributed by atoms with Crippen LogP contribution in [-0.4, -0.2) is 104 Å². The summed E-state index contributed by atoms with van der Waals surface area (Å²) < 4.78 is 15.3. The van der Waals surface area contributed by atoms with Crippen LogP contribution in [0, 0.1) is 0 Å². The molecule has 0 unspecified atom stereocenters. The van der Waals surface area contributed by atoms with Crippen molar-refractivity contribution >= 4 is 0 Å². The summed E-state index contributed by atoms with van der Waals surface area (Å²) in [4.78, 5) is 0. The van der Waals surface area contributed by atoms with Crippen molar-refractivity contribution in [3.05, 3.63) is 0 Å². The maximum absolute atomic E-state index is 9.92. The predicted octanol–water partition coefficient (Wildman–Crippen LogP) is -4.76. The molecule has 0 bridgehead atoms. The van der Waals surface area contributed by atoms with Crippen LogP contribution >= 0.6 is 0 Å². The topological polar surface area (TPSA) is 169 Å². The molecule has 124 valence electrons. The molecule has 2 fully saturated rings. The highest BCUT2D eigenvalue weighted by atomic mass is 16.8. The summed E-state index contributed by atoms with van der Waals surface area (Å²) in [7, 11) is 0. The maximum atomic E-state index is 9.92. The molecule has 10 nitrogen and oxygen atoms in total. The van der Waals surface area contributed by atoms with Crippen LogP contribution in [0.2, 0.25) is 0 Å². The zero-order valence-corrected chi connectivity index (χ0v) is 11.0. The van der Waals surface area contributed by atoms with E-state index in [1.807, 2.05) is 0 Å². The second-order valence-corrected chi connectivity index (χ2v) is 5.11. The molecular formula is C11H20O10. The van der Waals surface area contributed by atoms with Crippen molar-refractivity contribution in [2.45, 2.75) is 48.7 Å². The van der Waals surface area contributed by atoms with Gasteiger partial charge in [0.25, 0.3) is 0 Å². The summed E-state index contributed by atoms with van der Waals surface area (Å²) in [6.45, 7) is -1.86. The molecule has 2 aliphatic rings. The van der Waals surface area contributed by atoms with Crippen molar-refractivity contribution < 1.29 is 50.0 Å². The van der Waals surface area contributed by atoms with E-state index in [-0.39, 0.29) is 6.61 Å². The highest BCUT2D eigenvalue weighted by Crippen LogP contribution is 2.35. The Labute approximate surface area is 119 Å². The Bertz CT molecular complexity index is 354. The Morgan fingerprint density at radius 1 is 1.00 bits per heavy atom. The summed E-state index contributed by atoms with van der Waals surface area (Å²) >= 11 is 0. The minimum Gasteiger partial charge on any atom is -0.394 e. The smallest absolute Gasteiger partial charge is 0.224 e. The van der Waals surface area contributed by atoms with Gasteiger partial charge in [0.2, 0.25) is 5.79 Å². The van der Waals surface area contributed by atoms with Gasteiger partial charge in [-0.1, -0.05) is 0 Å². The number of aliphatic hydroxyl groups is 7. The predicted molar refractivity (Wildman–Crippen MR) is 62.6 cm³/mol. The number of hydrogen-bond donors (Lipinski definition) is 7. The molecule has 0 spiro atoms. The van der Waals surface area contributed by atoms with Gasteiger partial charge < -0.3 is 50.0 Å². The molecule has 2 aliphatic heterocycles. The van der Waals surface area contributed by atoms with Crippen LogP contribution in [0.15, 0.2) is 0 Å². The van der Waals surface area contributed by atoms with Crippen molar-refractivity contribution in [3.8, 4) is 0 Å². The Morgan fingerprint density at radius 2 is 1.67 bits per heavy atom. The molecule has 10 heteroatoms. The van der Waals surface area contributed by atoms with E-state index in [4.69, 9.17) is 19.3 Å². The third kappa shape index (κ3) is 2.92. The summed E-state index contributed by atoms with van der Waals surface area (Å²) in [5, 5.41) is 66.7. The second-order valence-electron chi connectivity index (χ2n) is 5.11. The van der Waals surface area contributed by atoms with Crippen LogP contribution in [-0.2, 0) is 14.2 Å². The molecule has 7 N–H and O–H groups in total. The molecule has 0 radical (unpaired) electrons. The van der Waals surface area contributed by atoms with Gasteiger partial charge in [-0.05, 0) is 0 Å². The van der Waals surface area contributed by atoms with Gasteiger partial charge in [0.1, 0.15) is 43.2 Å². The van der Waals surface area contributed by atoms with Crippen LogP contribution in [0.25, 0.3) is 0 Å². The lowest BCUT2D eigenvalue weighted by molar-refractivity contribution is -0.370. The van der Waals surface area contributed by atoms with E-state index in [1.165, 1.54) is 0 Å². The molecule has 2 rings (SSSR count). The van der Waals surface area contributed by atoms with Gasteiger partial charge >= 0.3 is 0 Å². The molecule has 0 amide bonds. The molecule has 8 atom stereocenters. The fourth-order valence-electron chi connectivity index (χ4n) is 2.35. The van der Waals surface area contributed by atoms with Crippen molar-refractivity contribution in [1.82, 2.24) is 0 Å². The number of hydrogen-bond acceptors (Lipinski definition) is 10. The number of rotatable bonds is 4. The molecule has 0 aromatic heterocycles. The third-order valence-electron chi connectivity index (χ3n) is 3.68. The first-order valence-corrected chi connectivity index (χ1v) is 6.45. The van der Waals surface area contributed by atoms with Gasteiger partial charge in [0.05, 0.1) is 13.2 Å². The SMILES string of the molecule is OC[C@H]1O[C@@](CO)(O[C@@H]2OC[C@@H](O)[C@H](O)[C@H]2O)[C@@H](O)[C@@H]1O. The van der Waals surface area contributed by atoms with Crippen LogP contribution in [0.5, 0.6) is 0 Å². The second kappa shape index (κ2) is 6.38. The monoisotopic (exact) mass is 312 g/mol. The summed E-state index contributed by atoms with van der Waals surface area (Å²) in [6, 6.07) is 0. The minimum absolute atomic E-state index is 0.341. The normalized spacial score (nSPS) is 51.3. The molecule has 0 aliphatic carbocycles. The van der Waals surface area contributed by atoms with Crippen molar-refractivity contribution in [2.75, 3.05) is 19.8 Å². The van der Waals surface area contributed by atoms with Gasteiger partial charge in [0, 0.05) is 0 Å². The van der Waals surface area contributed by atoms with Crippen molar-refractivity contribution in [1.29, 1.82) is 0 Å². The summed E-state index contributed by atoms with van der Waals surface area (Å²) in [5.74, 6) is -2.12. The maximum Gasteiger partial charge on any atom is 0.224 e. The number of aliphatic hydroxyl groups excluding tert-OH is 7. The fourth-order valence-corrected chi connectivity index (χ4v) is 2.35. The first-order chi connectivity index (χ1) is 9.86. The lowest BCUT2D eigenvalue weighted by Crippen LogP contribution is -2.59. The van der Waals surface area contributed by atoms with E-state index < -0.39 is 61.9 Å². The van der Waals surface area contributed by atoms with Gasteiger partial charge in [-0.25, -0.2) is 0 Å². The highest BCUT2D eigenvalue weighted by molar-refractivity contribution is 4.97. The van der Waals surface area contributed by atoms with E-state index in [0.717, 1.165) is 0 Å². The molecule has 2 heterocycles. The Balaban J connectivity index is 2.12. The van der Waals surface area contributed by atoms with Crippen molar-refractivity contribution in [2.24, 2.45) is 0 Å². The first kappa shape index (κ1) is 17.0. The van der Waals surface area contributed by atoms with E-state index in [0.29, 0.717) is 0 Å². The van der Waals surface area contributed by atoms with E-state index in [9.17, 15) is 30.6 Å². The lowest BCUT2D eigenvalue weighted by atomic mass is 10.0. The van der Waals surface area contributed by atoms with Crippen LogP contribution in [0.1, 0.15) is 0 Å². The largest absolute Gasteiger partial charge is 0.394 e. The first-order valence-electron chi connectivity index (χ1n) is 6.45. The third-order valence-corrected chi connectivity index (χ3v) is 3.68. The Hall–Kier alpha value is -0.400. The molecular weight excluding hydrogens is 292 g/mol. The van der Waals surface area contributed by atoms with E-state index in [2.05, 4.69) is 0 Å². The van der Waals surface area contributed by atoms with Gasteiger partial charge in [-0.3, -0.25) is 0 Å². The fraction of sp³-hybridized carbons (Fsp3) is 1.00. The summed E-state index contributed by atoms with van der Waals surface area (Å²) in [5.41, 5.74) is 0. The van der Waals surface area contributed by atoms with Gasteiger partial charge in [0.15, 0.2) is 6.29 Å². The number of ether oxygens (including phenoxy) is 3. The highest BCUT2D eigenvalue weighted by Gasteiger charge is 2.57.